The summed E-state index contributed by atoms with van der Waals surface area (Å²) in [5.74, 6) is 0.250. The van der Waals surface area contributed by atoms with Crippen molar-refractivity contribution in [3.8, 4) is 34.4 Å². The van der Waals surface area contributed by atoms with Crippen LogP contribution in [0, 0.1) is 0 Å². The number of pyridine rings is 1. The lowest BCUT2D eigenvalue weighted by Crippen LogP contribution is -2.35. The third kappa shape index (κ3) is 2.73. The second kappa shape index (κ2) is 6.43. The first-order valence-electron chi connectivity index (χ1n) is 7.97. The van der Waals surface area contributed by atoms with E-state index >= 15 is 0 Å². The number of hydrogen-bond donors (Lipinski definition) is 1. The van der Waals surface area contributed by atoms with Crippen LogP contribution in [-0.2, 0) is 6.54 Å². The highest BCUT2D eigenvalue weighted by atomic mass is 16.5. The van der Waals surface area contributed by atoms with E-state index in [4.69, 9.17) is 9.47 Å². The maximum absolute atomic E-state index is 11.9. The molecule has 0 spiro atoms. The van der Waals surface area contributed by atoms with E-state index in [-0.39, 0.29) is 11.9 Å². The van der Waals surface area contributed by atoms with Gasteiger partial charge in [-0.05, 0) is 18.2 Å². The molecule has 3 aromatic rings. The Morgan fingerprint density at radius 2 is 2.04 bits per heavy atom. The largest absolute Gasteiger partial charge is 0.480 e. The van der Waals surface area contributed by atoms with Gasteiger partial charge < -0.3 is 14.8 Å². The third-order valence-electron chi connectivity index (χ3n) is 4.06. The Hall–Kier alpha value is -3.49. The molecule has 1 aliphatic rings. The normalized spacial score (nSPS) is 13.1. The van der Waals surface area contributed by atoms with E-state index < -0.39 is 0 Å². The van der Waals surface area contributed by atoms with Crippen molar-refractivity contribution in [2.24, 2.45) is 0 Å². The van der Waals surface area contributed by atoms with Gasteiger partial charge in [0.1, 0.15) is 5.69 Å². The number of methoxy groups -OCH3 is 2. The number of nitrogens with one attached hydrogen (secondary N) is 1. The van der Waals surface area contributed by atoms with Gasteiger partial charge in [-0.15, -0.1) is 0 Å². The van der Waals surface area contributed by atoms with Crippen LogP contribution in [-0.4, -0.2) is 51.4 Å². The number of amides is 1. The molecular weight excluding hydrogens is 336 g/mol. The molecule has 132 valence electrons. The van der Waals surface area contributed by atoms with Crippen molar-refractivity contribution in [3.63, 3.8) is 0 Å². The number of nitrogens with zero attached hydrogens (tertiary/aromatic N) is 5. The zero-order valence-electron chi connectivity index (χ0n) is 14.3. The number of fused-ring (bicyclic) bond motifs is 1. The fraction of sp³-hybridized carbons (Fsp3) is 0.235. The zero-order chi connectivity index (χ0) is 18.1. The monoisotopic (exact) mass is 352 g/mol. The Morgan fingerprint density at radius 3 is 2.81 bits per heavy atom. The second-order valence-corrected chi connectivity index (χ2v) is 5.60. The second-order valence-electron chi connectivity index (χ2n) is 5.60. The summed E-state index contributed by atoms with van der Waals surface area (Å²) >= 11 is 0. The van der Waals surface area contributed by atoms with Crippen LogP contribution in [0.3, 0.4) is 0 Å². The molecule has 0 radical (unpaired) electrons. The Morgan fingerprint density at radius 1 is 1.15 bits per heavy atom. The zero-order valence-corrected chi connectivity index (χ0v) is 14.3. The number of ether oxygens (including phenoxy) is 2. The van der Waals surface area contributed by atoms with Gasteiger partial charge in [0.2, 0.25) is 5.88 Å². The summed E-state index contributed by atoms with van der Waals surface area (Å²) in [6, 6.07) is 5.69. The maximum atomic E-state index is 11.9. The quantitative estimate of drug-likeness (QED) is 0.751. The van der Waals surface area contributed by atoms with Crippen LogP contribution in [0.15, 0.2) is 30.6 Å². The number of carbonyl (C=O) groups is 1. The first-order valence-corrected chi connectivity index (χ1v) is 7.97. The summed E-state index contributed by atoms with van der Waals surface area (Å²) in [5.41, 5.74) is 3.36. The minimum Gasteiger partial charge on any atom is -0.480 e. The van der Waals surface area contributed by atoms with Crippen LogP contribution in [0.25, 0.3) is 22.5 Å². The predicted octanol–water partition coefficient (Wildman–Crippen LogP) is 1.16. The van der Waals surface area contributed by atoms with Crippen LogP contribution in [0.1, 0.15) is 10.5 Å². The highest BCUT2D eigenvalue weighted by Crippen LogP contribution is 2.30. The minimum absolute atomic E-state index is 0.116. The topological polar surface area (TPSA) is 104 Å². The molecule has 1 amide bonds. The lowest BCUT2D eigenvalue weighted by molar-refractivity contribution is 0.0924. The summed E-state index contributed by atoms with van der Waals surface area (Å²) in [7, 11) is 3.02. The molecule has 0 bridgehead atoms. The Labute approximate surface area is 149 Å². The molecule has 26 heavy (non-hydrogen) atoms. The van der Waals surface area contributed by atoms with Crippen molar-refractivity contribution in [2.45, 2.75) is 6.54 Å². The van der Waals surface area contributed by atoms with Gasteiger partial charge in [-0.3, -0.25) is 14.5 Å². The first-order chi connectivity index (χ1) is 12.7. The van der Waals surface area contributed by atoms with Gasteiger partial charge in [0.25, 0.3) is 5.91 Å². The Bertz CT molecular complexity index is 984. The fourth-order valence-corrected chi connectivity index (χ4v) is 2.79. The number of hydrogen-bond acceptors (Lipinski definition) is 7. The van der Waals surface area contributed by atoms with Gasteiger partial charge in [-0.25, -0.2) is 4.98 Å². The minimum atomic E-state index is -0.116. The summed E-state index contributed by atoms with van der Waals surface area (Å²) in [6.45, 7) is 1.23. The van der Waals surface area contributed by atoms with Crippen molar-refractivity contribution in [1.82, 2.24) is 30.0 Å². The van der Waals surface area contributed by atoms with Crippen LogP contribution >= 0.6 is 0 Å². The predicted molar refractivity (Wildman–Crippen MR) is 91.9 cm³/mol. The lowest BCUT2D eigenvalue weighted by atomic mass is 10.1. The maximum Gasteiger partial charge on any atom is 0.319 e. The lowest BCUT2D eigenvalue weighted by Gasteiger charge is -2.13. The summed E-state index contributed by atoms with van der Waals surface area (Å²) in [4.78, 5) is 24.6. The van der Waals surface area contributed by atoms with Crippen molar-refractivity contribution in [3.05, 3.63) is 36.3 Å². The summed E-state index contributed by atoms with van der Waals surface area (Å²) in [5, 5.41) is 7.33. The van der Waals surface area contributed by atoms with E-state index in [0.717, 1.165) is 5.56 Å². The number of rotatable bonds is 4. The van der Waals surface area contributed by atoms with Crippen molar-refractivity contribution in [2.75, 3.05) is 20.8 Å². The third-order valence-corrected chi connectivity index (χ3v) is 4.06. The molecule has 0 atom stereocenters. The Balaban J connectivity index is 1.75. The van der Waals surface area contributed by atoms with E-state index in [0.29, 0.717) is 41.6 Å². The molecule has 9 nitrogen and oxygen atoms in total. The van der Waals surface area contributed by atoms with Gasteiger partial charge in [0.15, 0.2) is 0 Å². The average Bonchev–Trinajstić information content (AvgIpc) is 3.13. The average molecular weight is 352 g/mol. The molecule has 0 saturated carbocycles. The molecule has 0 unspecified atom stereocenters. The SMILES string of the molecule is COc1ncc(-c2cc(-c3cc4n(n3)CCNC4=O)ccn2)c(OC)n1. The first kappa shape index (κ1) is 16.0. The molecule has 0 aliphatic carbocycles. The van der Waals surface area contributed by atoms with Crippen LogP contribution in [0.2, 0.25) is 0 Å². The van der Waals surface area contributed by atoms with E-state index in [1.807, 2.05) is 12.1 Å². The van der Waals surface area contributed by atoms with Gasteiger partial charge in [-0.2, -0.15) is 10.1 Å². The van der Waals surface area contributed by atoms with E-state index in [2.05, 4.69) is 25.4 Å². The van der Waals surface area contributed by atoms with Gasteiger partial charge in [0, 0.05) is 24.5 Å². The fourth-order valence-electron chi connectivity index (χ4n) is 2.79. The molecule has 1 aliphatic heterocycles. The van der Waals surface area contributed by atoms with E-state index in [1.165, 1.54) is 14.2 Å². The van der Waals surface area contributed by atoms with Crippen molar-refractivity contribution in [1.29, 1.82) is 0 Å². The molecular formula is C17H16N6O3. The number of carbonyl (C=O) groups excluding carboxylic acids is 1. The number of aromatic nitrogens is 5. The van der Waals surface area contributed by atoms with E-state index in [1.54, 1.807) is 23.1 Å². The van der Waals surface area contributed by atoms with Gasteiger partial charge in [-0.1, -0.05) is 0 Å². The standard InChI is InChI=1S/C17H16N6O3/c1-25-16-11(9-20-17(21-16)26-2)13-7-10(3-4-18-13)12-8-14-15(24)19-5-6-23(14)22-12/h3-4,7-9H,5-6H2,1-2H3,(H,19,24). The molecule has 3 aromatic heterocycles. The molecule has 0 saturated heterocycles. The van der Waals surface area contributed by atoms with Crippen LogP contribution in [0.5, 0.6) is 11.9 Å². The van der Waals surface area contributed by atoms with Crippen LogP contribution in [0.4, 0.5) is 0 Å². The van der Waals surface area contributed by atoms with Gasteiger partial charge in [0.05, 0.1) is 37.7 Å². The van der Waals surface area contributed by atoms with Crippen molar-refractivity contribution < 1.29 is 14.3 Å². The smallest absolute Gasteiger partial charge is 0.319 e. The molecule has 4 heterocycles. The van der Waals surface area contributed by atoms with Gasteiger partial charge >= 0.3 is 6.01 Å². The highest BCUT2D eigenvalue weighted by Gasteiger charge is 2.20. The molecule has 0 aromatic carbocycles. The van der Waals surface area contributed by atoms with Crippen LogP contribution < -0.4 is 14.8 Å². The van der Waals surface area contributed by atoms with Crippen molar-refractivity contribution >= 4 is 5.91 Å². The molecule has 0 fully saturated rings. The Kier molecular flexibility index (Phi) is 3.96. The molecule has 9 heteroatoms. The van der Waals surface area contributed by atoms with E-state index in [9.17, 15) is 4.79 Å². The highest BCUT2D eigenvalue weighted by molar-refractivity contribution is 5.94. The summed E-state index contributed by atoms with van der Waals surface area (Å²) < 4.78 is 12.1. The summed E-state index contributed by atoms with van der Waals surface area (Å²) in [6.07, 6.45) is 3.27. The molecule has 4 rings (SSSR count). The molecule has 1 N–H and O–H groups in total.